The van der Waals surface area contributed by atoms with Gasteiger partial charge in [-0.2, -0.15) is 0 Å². The van der Waals surface area contributed by atoms with Crippen LogP contribution in [0.4, 0.5) is 22.0 Å². The lowest BCUT2D eigenvalue weighted by molar-refractivity contribution is 0.600. The molecule has 0 aliphatic heterocycles. The number of halogens is 5. The van der Waals surface area contributed by atoms with Gasteiger partial charge in [-0.05, 0) is 61.7 Å². The average Bonchev–Trinajstić information content (AvgIpc) is 2.95. The molecule has 4 rings (SSSR count). The van der Waals surface area contributed by atoms with Gasteiger partial charge in [-0.15, -0.1) is 0 Å². The third-order valence-electron chi connectivity index (χ3n) is 4.79. The molecule has 0 amide bonds. The van der Waals surface area contributed by atoms with Gasteiger partial charge in [0.05, 0.1) is 27.5 Å². The SMILES string of the molecule is Cc1ccc(-n2c3c(F)cc(C)c(F)c3c3c(F)c(C)cc(F)c32)c(F)c1. The van der Waals surface area contributed by atoms with Crippen LogP contribution in [0.5, 0.6) is 0 Å². The van der Waals surface area contributed by atoms with Crippen molar-refractivity contribution in [3.8, 4) is 5.69 Å². The Morgan fingerprint density at radius 3 is 1.56 bits per heavy atom. The number of hydrogen-bond acceptors (Lipinski definition) is 0. The molecular formula is C21H14F5N. The summed E-state index contributed by atoms with van der Waals surface area (Å²) in [4.78, 5) is 0. The third-order valence-corrected chi connectivity index (χ3v) is 4.79. The van der Waals surface area contributed by atoms with Gasteiger partial charge in [0.1, 0.15) is 29.1 Å². The van der Waals surface area contributed by atoms with Gasteiger partial charge >= 0.3 is 0 Å². The lowest BCUT2D eigenvalue weighted by Crippen LogP contribution is -2.02. The van der Waals surface area contributed by atoms with Crippen LogP contribution in [0.15, 0.2) is 30.3 Å². The van der Waals surface area contributed by atoms with Gasteiger partial charge < -0.3 is 4.57 Å². The number of benzene rings is 3. The molecule has 0 saturated heterocycles. The van der Waals surface area contributed by atoms with Crippen molar-refractivity contribution in [3.63, 3.8) is 0 Å². The van der Waals surface area contributed by atoms with E-state index in [4.69, 9.17) is 0 Å². The molecule has 0 N–H and O–H groups in total. The molecule has 138 valence electrons. The molecule has 1 heterocycles. The molecule has 0 aliphatic rings. The molecule has 0 atom stereocenters. The molecule has 1 aromatic heterocycles. The van der Waals surface area contributed by atoms with Gasteiger partial charge in [0.15, 0.2) is 0 Å². The monoisotopic (exact) mass is 375 g/mol. The fraction of sp³-hybridized carbons (Fsp3) is 0.143. The first-order valence-electron chi connectivity index (χ1n) is 8.26. The molecule has 0 aliphatic carbocycles. The van der Waals surface area contributed by atoms with Crippen molar-refractivity contribution in [1.82, 2.24) is 4.57 Å². The van der Waals surface area contributed by atoms with Crippen LogP contribution in [0.1, 0.15) is 16.7 Å². The second kappa shape index (κ2) is 5.81. The minimum Gasteiger partial charge on any atom is -0.301 e. The van der Waals surface area contributed by atoms with Gasteiger partial charge in [-0.25, -0.2) is 22.0 Å². The van der Waals surface area contributed by atoms with Crippen molar-refractivity contribution in [2.24, 2.45) is 0 Å². The van der Waals surface area contributed by atoms with Gasteiger partial charge in [0, 0.05) is 0 Å². The highest BCUT2D eigenvalue weighted by Gasteiger charge is 2.27. The van der Waals surface area contributed by atoms with Crippen LogP contribution in [0.2, 0.25) is 0 Å². The Hall–Kier alpha value is -2.89. The first-order chi connectivity index (χ1) is 12.7. The van der Waals surface area contributed by atoms with E-state index in [2.05, 4.69) is 0 Å². The molecule has 6 heteroatoms. The lowest BCUT2D eigenvalue weighted by atomic mass is 10.1. The van der Waals surface area contributed by atoms with E-state index < -0.39 is 50.9 Å². The Bertz CT molecular complexity index is 1180. The van der Waals surface area contributed by atoms with Crippen LogP contribution >= 0.6 is 0 Å². The van der Waals surface area contributed by atoms with Gasteiger partial charge in [0.2, 0.25) is 0 Å². The quantitative estimate of drug-likeness (QED) is 0.339. The highest BCUT2D eigenvalue weighted by molar-refractivity contribution is 6.10. The molecule has 3 aromatic carbocycles. The van der Waals surface area contributed by atoms with Crippen LogP contribution in [0.3, 0.4) is 0 Å². The molecule has 0 unspecified atom stereocenters. The summed E-state index contributed by atoms with van der Waals surface area (Å²) in [5.41, 5.74) is -0.500. The Morgan fingerprint density at radius 2 is 1.11 bits per heavy atom. The summed E-state index contributed by atoms with van der Waals surface area (Å²) in [7, 11) is 0. The van der Waals surface area contributed by atoms with Gasteiger partial charge in [0.25, 0.3) is 0 Å². The van der Waals surface area contributed by atoms with Crippen molar-refractivity contribution >= 4 is 21.8 Å². The van der Waals surface area contributed by atoms with Crippen molar-refractivity contribution in [3.05, 3.63) is 76.1 Å². The van der Waals surface area contributed by atoms with Crippen molar-refractivity contribution in [2.75, 3.05) is 0 Å². The number of aryl methyl sites for hydroxylation is 3. The van der Waals surface area contributed by atoms with Crippen LogP contribution in [0.25, 0.3) is 27.5 Å². The van der Waals surface area contributed by atoms with E-state index in [1.807, 2.05) is 0 Å². The summed E-state index contributed by atoms with van der Waals surface area (Å²) in [5, 5.41) is -0.801. The highest BCUT2D eigenvalue weighted by Crippen LogP contribution is 2.40. The summed E-state index contributed by atoms with van der Waals surface area (Å²) in [5.74, 6) is -4.28. The lowest BCUT2D eigenvalue weighted by Gasteiger charge is -2.11. The van der Waals surface area contributed by atoms with E-state index in [-0.39, 0.29) is 16.8 Å². The van der Waals surface area contributed by atoms with Gasteiger partial charge in [-0.3, -0.25) is 0 Å². The minimum atomic E-state index is -0.892. The van der Waals surface area contributed by atoms with Crippen molar-refractivity contribution in [2.45, 2.75) is 20.8 Å². The number of aromatic nitrogens is 1. The topological polar surface area (TPSA) is 4.93 Å². The summed E-state index contributed by atoms with van der Waals surface area (Å²) < 4.78 is 75.0. The number of hydrogen-bond donors (Lipinski definition) is 0. The van der Waals surface area contributed by atoms with E-state index >= 15 is 0 Å². The first kappa shape index (κ1) is 17.5. The zero-order valence-electron chi connectivity index (χ0n) is 14.7. The maximum absolute atomic E-state index is 14.9. The minimum absolute atomic E-state index is 0.0512. The number of nitrogens with zero attached hydrogens (tertiary/aromatic N) is 1. The predicted octanol–water partition coefficient (Wildman–Crippen LogP) is 6.40. The van der Waals surface area contributed by atoms with E-state index in [1.54, 1.807) is 13.0 Å². The summed E-state index contributed by atoms with van der Waals surface area (Å²) >= 11 is 0. The zero-order valence-corrected chi connectivity index (χ0v) is 14.7. The molecule has 0 saturated carbocycles. The second-order valence-electron chi connectivity index (χ2n) is 6.72. The van der Waals surface area contributed by atoms with Crippen molar-refractivity contribution in [1.29, 1.82) is 0 Å². The normalized spacial score (nSPS) is 11.7. The van der Waals surface area contributed by atoms with E-state index in [1.165, 1.54) is 26.0 Å². The van der Waals surface area contributed by atoms with Crippen LogP contribution in [0, 0.1) is 49.9 Å². The summed E-state index contributed by atoms with van der Waals surface area (Å²) in [6.07, 6.45) is 0. The molecule has 0 fully saturated rings. The molecule has 0 spiro atoms. The Labute approximate surface area is 151 Å². The predicted molar refractivity (Wildman–Crippen MR) is 94.8 cm³/mol. The largest absolute Gasteiger partial charge is 0.301 e. The number of fused-ring (bicyclic) bond motifs is 3. The highest BCUT2D eigenvalue weighted by atomic mass is 19.1. The fourth-order valence-electron chi connectivity index (χ4n) is 3.52. The van der Waals surface area contributed by atoms with Crippen LogP contribution in [-0.2, 0) is 0 Å². The van der Waals surface area contributed by atoms with E-state index in [0.29, 0.717) is 5.56 Å². The number of rotatable bonds is 1. The molecule has 0 radical (unpaired) electrons. The molecule has 27 heavy (non-hydrogen) atoms. The average molecular weight is 375 g/mol. The standard InChI is InChI=1S/C21H14F5N/c1-9-4-5-15(12(22)6-9)27-20-13(23)7-10(2)18(25)16(20)17-19(26)11(3)8-14(24)21(17)27/h4-8H,1-3H3. The Morgan fingerprint density at radius 1 is 0.630 bits per heavy atom. The third kappa shape index (κ3) is 2.36. The van der Waals surface area contributed by atoms with E-state index in [0.717, 1.165) is 16.7 Å². The molecular weight excluding hydrogens is 361 g/mol. The van der Waals surface area contributed by atoms with Crippen LogP contribution < -0.4 is 0 Å². The Balaban J connectivity index is 2.38. The van der Waals surface area contributed by atoms with Crippen molar-refractivity contribution < 1.29 is 22.0 Å². The van der Waals surface area contributed by atoms with Gasteiger partial charge in [-0.1, -0.05) is 6.07 Å². The maximum atomic E-state index is 14.9. The first-order valence-corrected chi connectivity index (χ1v) is 8.26. The molecule has 0 bridgehead atoms. The summed E-state index contributed by atoms with van der Waals surface area (Å²) in [6, 6.07) is 5.94. The summed E-state index contributed by atoms with van der Waals surface area (Å²) in [6.45, 7) is 4.32. The maximum Gasteiger partial charge on any atom is 0.148 e. The Kier molecular flexibility index (Phi) is 3.77. The van der Waals surface area contributed by atoms with E-state index in [9.17, 15) is 22.0 Å². The smallest absolute Gasteiger partial charge is 0.148 e. The molecule has 4 aromatic rings. The molecule has 1 nitrogen and oxygen atoms in total. The fourth-order valence-corrected chi connectivity index (χ4v) is 3.52. The van der Waals surface area contributed by atoms with Crippen LogP contribution in [-0.4, -0.2) is 4.57 Å². The zero-order chi connectivity index (χ0) is 19.6. The second-order valence-corrected chi connectivity index (χ2v) is 6.72.